The summed E-state index contributed by atoms with van der Waals surface area (Å²) in [5.41, 5.74) is 0.699. The van der Waals surface area contributed by atoms with Crippen molar-refractivity contribution in [2.45, 2.75) is 6.10 Å². The van der Waals surface area contributed by atoms with Crippen molar-refractivity contribution in [2.75, 3.05) is 12.8 Å². The second kappa shape index (κ2) is 5.06. The summed E-state index contributed by atoms with van der Waals surface area (Å²) < 4.78 is 24.2. The number of aliphatic hydroxyl groups is 1. The molecule has 2 N–H and O–H groups in total. The zero-order chi connectivity index (χ0) is 13.2. The number of nitrogens with one attached hydrogen (secondary N) is 1. The molecular weight excluding hydrogens is 250 g/mol. The van der Waals surface area contributed by atoms with Gasteiger partial charge in [0.05, 0.1) is 12.4 Å². The molecule has 0 bridgehead atoms. The summed E-state index contributed by atoms with van der Waals surface area (Å²) in [6, 6.07) is 13.4. The van der Waals surface area contributed by atoms with Gasteiger partial charge in [-0.2, -0.15) is 0 Å². The van der Waals surface area contributed by atoms with E-state index in [0.29, 0.717) is 5.56 Å². The van der Waals surface area contributed by atoms with Crippen LogP contribution in [0.3, 0.4) is 0 Å². The second-order valence-electron chi connectivity index (χ2n) is 4.24. The van der Waals surface area contributed by atoms with Crippen molar-refractivity contribution in [3.8, 4) is 0 Å². The van der Waals surface area contributed by atoms with Crippen molar-refractivity contribution in [2.24, 2.45) is 0 Å². The van der Waals surface area contributed by atoms with E-state index in [1.165, 1.54) is 0 Å². The lowest BCUT2D eigenvalue weighted by Gasteiger charge is -2.12. The molecular formula is C13H15NO3S. The summed E-state index contributed by atoms with van der Waals surface area (Å²) in [5.74, 6) is 0. The molecule has 0 aromatic heterocycles. The standard InChI is InChI=1S/C13H15NO3S/c1-18(16,17)14-9-13(15)12-7-6-10-4-2-3-5-11(10)8-12/h2-8,13-15H,9H2,1H3. The van der Waals surface area contributed by atoms with Crippen LogP contribution in [0.15, 0.2) is 42.5 Å². The molecule has 0 saturated carbocycles. The molecule has 0 aliphatic rings. The van der Waals surface area contributed by atoms with Gasteiger partial charge in [0, 0.05) is 6.54 Å². The summed E-state index contributed by atoms with van der Waals surface area (Å²) in [5, 5.41) is 12.0. The van der Waals surface area contributed by atoms with E-state index in [-0.39, 0.29) is 6.54 Å². The van der Waals surface area contributed by atoms with E-state index in [1.54, 1.807) is 6.07 Å². The Kier molecular flexibility index (Phi) is 3.65. The van der Waals surface area contributed by atoms with E-state index < -0.39 is 16.1 Å². The van der Waals surface area contributed by atoms with Crippen molar-refractivity contribution in [3.63, 3.8) is 0 Å². The molecule has 1 atom stereocenters. The predicted octanol–water partition coefficient (Wildman–Crippen LogP) is 1.42. The number of fused-ring (bicyclic) bond motifs is 1. The van der Waals surface area contributed by atoms with Crippen molar-refractivity contribution >= 4 is 20.8 Å². The van der Waals surface area contributed by atoms with Crippen molar-refractivity contribution in [1.29, 1.82) is 0 Å². The Morgan fingerprint density at radius 1 is 1.17 bits per heavy atom. The van der Waals surface area contributed by atoms with Crippen LogP contribution in [0.1, 0.15) is 11.7 Å². The SMILES string of the molecule is CS(=O)(=O)NCC(O)c1ccc2ccccc2c1. The smallest absolute Gasteiger partial charge is 0.208 e. The molecule has 4 nitrogen and oxygen atoms in total. The van der Waals surface area contributed by atoms with Gasteiger partial charge in [-0.05, 0) is 22.4 Å². The van der Waals surface area contributed by atoms with Crippen LogP contribution in [-0.4, -0.2) is 26.3 Å². The van der Waals surface area contributed by atoms with Crippen LogP contribution >= 0.6 is 0 Å². The molecule has 0 aliphatic heterocycles. The minimum atomic E-state index is -3.28. The maximum Gasteiger partial charge on any atom is 0.208 e. The van der Waals surface area contributed by atoms with Gasteiger partial charge in [0.2, 0.25) is 10.0 Å². The summed E-state index contributed by atoms with van der Waals surface area (Å²) in [6.07, 6.45) is 0.226. The second-order valence-corrected chi connectivity index (χ2v) is 6.08. The van der Waals surface area contributed by atoms with Crippen molar-refractivity contribution in [3.05, 3.63) is 48.0 Å². The van der Waals surface area contributed by atoms with Crippen LogP contribution in [0.4, 0.5) is 0 Å². The summed E-state index contributed by atoms with van der Waals surface area (Å²) in [4.78, 5) is 0. The molecule has 2 rings (SSSR count). The summed E-state index contributed by atoms with van der Waals surface area (Å²) in [6.45, 7) is -0.0167. The lowest BCUT2D eigenvalue weighted by atomic mass is 10.0. The summed E-state index contributed by atoms with van der Waals surface area (Å²) >= 11 is 0. The first-order valence-electron chi connectivity index (χ1n) is 5.57. The average molecular weight is 265 g/mol. The first kappa shape index (κ1) is 13.0. The van der Waals surface area contributed by atoms with Crippen LogP contribution in [0.5, 0.6) is 0 Å². The third-order valence-electron chi connectivity index (χ3n) is 2.70. The van der Waals surface area contributed by atoms with E-state index in [9.17, 15) is 13.5 Å². The minimum Gasteiger partial charge on any atom is -0.387 e. The molecule has 0 radical (unpaired) electrons. The highest BCUT2D eigenvalue weighted by molar-refractivity contribution is 7.88. The molecule has 0 aliphatic carbocycles. The van der Waals surface area contributed by atoms with E-state index in [4.69, 9.17) is 0 Å². The lowest BCUT2D eigenvalue weighted by Crippen LogP contribution is -2.27. The third-order valence-corrected chi connectivity index (χ3v) is 3.39. The van der Waals surface area contributed by atoms with Gasteiger partial charge in [0.25, 0.3) is 0 Å². The quantitative estimate of drug-likeness (QED) is 0.878. The topological polar surface area (TPSA) is 66.4 Å². The molecule has 0 fully saturated rings. The van der Waals surface area contributed by atoms with E-state index in [1.807, 2.05) is 36.4 Å². The number of benzene rings is 2. The Bertz CT molecular complexity index is 652. The molecule has 18 heavy (non-hydrogen) atoms. The molecule has 2 aromatic rings. The summed E-state index contributed by atoms with van der Waals surface area (Å²) in [7, 11) is -3.28. The number of sulfonamides is 1. The number of hydrogen-bond donors (Lipinski definition) is 2. The highest BCUT2D eigenvalue weighted by Crippen LogP contribution is 2.20. The Morgan fingerprint density at radius 2 is 1.83 bits per heavy atom. The van der Waals surface area contributed by atoms with E-state index >= 15 is 0 Å². The van der Waals surface area contributed by atoms with Gasteiger partial charge in [0.15, 0.2) is 0 Å². The van der Waals surface area contributed by atoms with Gasteiger partial charge in [-0.1, -0.05) is 36.4 Å². The molecule has 96 valence electrons. The number of hydrogen-bond acceptors (Lipinski definition) is 3. The third kappa shape index (κ3) is 3.29. The fraction of sp³-hybridized carbons (Fsp3) is 0.231. The van der Waals surface area contributed by atoms with Gasteiger partial charge >= 0.3 is 0 Å². The van der Waals surface area contributed by atoms with Crippen LogP contribution < -0.4 is 4.72 Å². The van der Waals surface area contributed by atoms with Gasteiger partial charge in [-0.25, -0.2) is 13.1 Å². The predicted molar refractivity (Wildman–Crippen MR) is 71.8 cm³/mol. The Morgan fingerprint density at radius 3 is 2.50 bits per heavy atom. The van der Waals surface area contributed by atoms with E-state index in [2.05, 4.69) is 4.72 Å². The molecule has 1 unspecified atom stereocenters. The van der Waals surface area contributed by atoms with Gasteiger partial charge in [-0.3, -0.25) is 0 Å². The maximum atomic E-state index is 11.0. The van der Waals surface area contributed by atoms with Gasteiger partial charge in [0.1, 0.15) is 0 Å². The molecule has 0 heterocycles. The largest absolute Gasteiger partial charge is 0.387 e. The molecule has 2 aromatic carbocycles. The van der Waals surface area contributed by atoms with Crippen LogP contribution in [0.2, 0.25) is 0 Å². The normalized spacial score (nSPS) is 13.7. The highest BCUT2D eigenvalue weighted by atomic mass is 32.2. The van der Waals surface area contributed by atoms with Crippen molar-refractivity contribution < 1.29 is 13.5 Å². The number of aliphatic hydroxyl groups excluding tert-OH is 1. The Labute approximate surface area is 106 Å². The Balaban J connectivity index is 2.20. The fourth-order valence-corrected chi connectivity index (χ4v) is 2.22. The number of rotatable bonds is 4. The minimum absolute atomic E-state index is 0.0167. The van der Waals surface area contributed by atoms with Crippen LogP contribution in [-0.2, 0) is 10.0 Å². The highest BCUT2D eigenvalue weighted by Gasteiger charge is 2.10. The maximum absolute atomic E-state index is 11.0. The van der Waals surface area contributed by atoms with Crippen LogP contribution in [0.25, 0.3) is 10.8 Å². The van der Waals surface area contributed by atoms with Gasteiger partial charge < -0.3 is 5.11 Å². The fourth-order valence-electron chi connectivity index (χ4n) is 1.76. The molecule has 0 saturated heterocycles. The van der Waals surface area contributed by atoms with Gasteiger partial charge in [-0.15, -0.1) is 0 Å². The average Bonchev–Trinajstić information content (AvgIpc) is 2.34. The first-order valence-corrected chi connectivity index (χ1v) is 7.46. The molecule has 0 amide bonds. The lowest BCUT2D eigenvalue weighted by molar-refractivity contribution is 0.182. The van der Waals surface area contributed by atoms with E-state index in [0.717, 1.165) is 17.0 Å². The zero-order valence-corrected chi connectivity index (χ0v) is 10.8. The molecule has 0 spiro atoms. The monoisotopic (exact) mass is 265 g/mol. The molecule has 5 heteroatoms. The van der Waals surface area contributed by atoms with Crippen LogP contribution in [0, 0.1) is 0 Å². The first-order chi connectivity index (χ1) is 8.46. The zero-order valence-electron chi connectivity index (χ0n) is 10.00. The van der Waals surface area contributed by atoms with Crippen molar-refractivity contribution in [1.82, 2.24) is 4.72 Å². The Hall–Kier alpha value is -1.43.